The lowest BCUT2D eigenvalue weighted by Gasteiger charge is -2.14. The molecule has 32 heavy (non-hydrogen) atoms. The zero-order valence-corrected chi connectivity index (χ0v) is 17.9. The molecule has 0 bridgehead atoms. The zero-order valence-electron chi connectivity index (χ0n) is 17.9. The highest BCUT2D eigenvalue weighted by Gasteiger charge is 2.17. The highest BCUT2D eigenvalue weighted by Crippen LogP contribution is 2.35. The predicted molar refractivity (Wildman–Crippen MR) is 123 cm³/mol. The molecule has 0 atom stereocenters. The molecule has 0 aliphatic rings. The fourth-order valence-electron chi connectivity index (χ4n) is 3.50. The molecule has 3 aromatic carbocycles. The number of hydrogen-bond acceptors (Lipinski definition) is 5. The number of pyridine rings is 1. The van der Waals surface area contributed by atoms with E-state index < -0.39 is 5.97 Å². The second-order valence-electron chi connectivity index (χ2n) is 7.09. The van der Waals surface area contributed by atoms with Crippen LogP contribution in [0.15, 0.2) is 72.8 Å². The first kappa shape index (κ1) is 21.2. The lowest BCUT2D eigenvalue weighted by atomic mass is 10.0. The molecule has 0 radical (unpaired) electrons. The lowest BCUT2D eigenvalue weighted by Crippen LogP contribution is -2.02. The van der Waals surface area contributed by atoms with E-state index in [0.29, 0.717) is 47.1 Å². The van der Waals surface area contributed by atoms with Crippen LogP contribution in [-0.2, 0) is 6.61 Å². The number of carbonyl (C=O) groups is 1. The number of rotatable bonds is 8. The van der Waals surface area contributed by atoms with E-state index in [9.17, 15) is 9.90 Å². The van der Waals surface area contributed by atoms with Crippen molar-refractivity contribution in [1.29, 1.82) is 0 Å². The molecule has 162 valence electrons. The number of carboxylic acid groups (broad SMARTS) is 1. The molecule has 0 aliphatic heterocycles. The van der Waals surface area contributed by atoms with Gasteiger partial charge >= 0.3 is 5.97 Å². The van der Waals surface area contributed by atoms with Crippen molar-refractivity contribution in [3.05, 3.63) is 83.9 Å². The molecule has 6 heteroatoms. The summed E-state index contributed by atoms with van der Waals surface area (Å²) in [5, 5.41) is 10.3. The van der Waals surface area contributed by atoms with Gasteiger partial charge in [-0.3, -0.25) is 0 Å². The Morgan fingerprint density at radius 2 is 1.72 bits per heavy atom. The Balaban J connectivity index is 1.75. The first-order valence-electron chi connectivity index (χ1n) is 10.3. The third-order valence-corrected chi connectivity index (χ3v) is 5.03. The Morgan fingerprint density at radius 3 is 2.44 bits per heavy atom. The van der Waals surface area contributed by atoms with Crippen molar-refractivity contribution >= 4 is 16.9 Å². The van der Waals surface area contributed by atoms with Crippen molar-refractivity contribution in [2.24, 2.45) is 0 Å². The maximum Gasteiger partial charge on any atom is 0.336 e. The minimum atomic E-state index is -1.03. The van der Waals surface area contributed by atoms with Gasteiger partial charge in [-0.05, 0) is 42.8 Å². The fourth-order valence-corrected chi connectivity index (χ4v) is 3.50. The number of aromatic nitrogens is 1. The van der Waals surface area contributed by atoms with Gasteiger partial charge in [-0.1, -0.05) is 42.5 Å². The zero-order chi connectivity index (χ0) is 22.5. The molecular formula is C26H23NO5. The molecule has 0 aliphatic carbocycles. The fraction of sp³-hybridized carbons (Fsp3) is 0.154. The van der Waals surface area contributed by atoms with Gasteiger partial charge in [0.15, 0.2) is 11.5 Å². The van der Waals surface area contributed by atoms with E-state index in [0.717, 1.165) is 11.1 Å². The van der Waals surface area contributed by atoms with E-state index in [1.54, 1.807) is 24.3 Å². The summed E-state index contributed by atoms with van der Waals surface area (Å²) >= 11 is 0. The number of methoxy groups -OCH3 is 1. The van der Waals surface area contributed by atoms with Crippen LogP contribution in [0.4, 0.5) is 0 Å². The highest BCUT2D eigenvalue weighted by molar-refractivity contribution is 6.05. The first-order chi connectivity index (χ1) is 15.6. The van der Waals surface area contributed by atoms with Crippen molar-refractivity contribution in [2.75, 3.05) is 13.7 Å². The summed E-state index contributed by atoms with van der Waals surface area (Å²) in [6.07, 6.45) is 0. The van der Waals surface area contributed by atoms with Crippen LogP contribution in [0.3, 0.4) is 0 Å². The molecule has 4 rings (SSSR count). The Labute approximate surface area is 186 Å². The number of benzene rings is 3. The number of aromatic carboxylic acids is 1. The van der Waals surface area contributed by atoms with Gasteiger partial charge in [-0.2, -0.15) is 0 Å². The molecule has 4 aromatic rings. The molecule has 1 aromatic heterocycles. The number of para-hydroxylation sites is 1. The molecule has 0 amide bonds. The van der Waals surface area contributed by atoms with Crippen molar-refractivity contribution in [1.82, 2.24) is 4.98 Å². The van der Waals surface area contributed by atoms with Crippen LogP contribution >= 0.6 is 0 Å². The lowest BCUT2D eigenvalue weighted by molar-refractivity contribution is 0.0699. The SMILES string of the molecule is CCOc1cc(-c2cc(C(=O)O)c3cccc(OC)c3n2)ccc1OCc1ccccc1. The number of nitrogens with zero attached hydrogens (tertiary/aromatic N) is 1. The average Bonchev–Trinajstić information content (AvgIpc) is 2.82. The largest absolute Gasteiger partial charge is 0.494 e. The molecule has 0 saturated carbocycles. The van der Waals surface area contributed by atoms with Gasteiger partial charge < -0.3 is 19.3 Å². The molecule has 1 heterocycles. The van der Waals surface area contributed by atoms with Crippen LogP contribution in [-0.4, -0.2) is 29.8 Å². The van der Waals surface area contributed by atoms with Crippen LogP contribution in [0.25, 0.3) is 22.2 Å². The van der Waals surface area contributed by atoms with Crippen LogP contribution in [0.1, 0.15) is 22.8 Å². The predicted octanol–water partition coefficient (Wildman–Crippen LogP) is 5.59. The molecule has 0 spiro atoms. The smallest absolute Gasteiger partial charge is 0.336 e. The van der Waals surface area contributed by atoms with Gasteiger partial charge in [-0.25, -0.2) is 9.78 Å². The maximum absolute atomic E-state index is 11.9. The molecule has 0 unspecified atom stereocenters. The van der Waals surface area contributed by atoms with Crippen molar-refractivity contribution < 1.29 is 24.1 Å². The quantitative estimate of drug-likeness (QED) is 0.394. The summed E-state index contributed by atoms with van der Waals surface area (Å²) in [5.41, 5.74) is 2.93. The normalized spacial score (nSPS) is 10.7. The summed E-state index contributed by atoms with van der Waals surface area (Å²) in [4.78, 5) is 16.6. The van der Waals surface area contributed by atoms with Crippen molar-refractivity contribution in [3.8, 4) is 28.5 Å². The molecule has 1 N–H and O–H groups in total. The van der Waals surface area contributed by atoms with E-state index in [4.69, 9.17) is 19.2 Å². The minimum absolute atomic E-state index is 0.159. The second kappa shape index (κ2) is 9.39. The van der Waals surface area contributed by atoms with E-state index in [2.05, 4.69) is 0 Å². The first-order valence-corrected chi connectivity index (χ1v) is 10.3. The molecule has 0 fully saturated rings. The molecule has 6 nitrogen and oxygen atoms in total. The van der Waals surface area contributed by atoms with E-state index in [-0.39, 0.29) is 5.56 Å². The summed E-state index contributed by atoms with van der Waals surface area (Å²) in [7, 11) is 1.54. The summed E-state index contributed by atoms with van der Waals surface area (Å²) in [6, 6.07) is 22.2. The average molecular weight is 429 g/mol. The number of carboxylic acids is 1. The van der Waals surface area contributed by atoms with Gasteiger partial charge in [0.05, 0.1) is 25.0 Å². The third-order valence-electron chi connectivity index (χ3n) is 5.03. The van der Waals surface area contributed by atoms with Gasteiger partial charge in [-0.15, -0.1) is 0 Å². The van der Waals surface area contributed by atoms with Gasteiger partial charge in [0.25, 0.3) is 0 Å². The Kier molecular flexibility index (Phi) is 6.22. The van der Waals surface area contributed by atoms with Crippen molar-refractivity contribution in [3.63, 3.8) is 0 Å². The standard InChI is InChI=1S/C26H23NO5/c1-3-31-24-14-18(12-13-22(24)32-16-17-8-5-4-6-9-17)21-15-20(26(28)29)19-10-7-11-23(30-2)25(19)27-21/h4-15H,3,16H2,1-2H3,(H,28,29). The Morgan fingerprint density at radius 1 is 0.906 bits per heavy atom. The van der Waals surface area contributed by atoms with Gasteiger partial charge in [0, 0.05) is 10.9 Å². The van der Waals surface area contributed by atoms with Crippen LogP contribution < -0.4 is 14.2 Å². The maximum atomic E-state index is 11.9. The van der Waals surface area contributed by atoms with E-state index >= 15 is 0 Å². The number of hydrogen-bond donors (Lipinski definition) is 1. The van der Waals surface area contributed by atoms with E-state index in [1.165, 1.54) is 7.11 Å². The van der Waals surface area contributed by atoms with Crippen LogP contribution in [0, 0.1) is 0 Å². The van der Waals surface area contributed by atoms with Crippen LogP contribution in [0.2, 0.25) is 0 Å². The Hall–Kier alpha value is -4.06. The topological polar surface area (TPSA) is 77.9 Å². The van der Waals surface area contributed by atoms with E-state index in [1.807, 2.05) is 55.5 Å². The minimum Gasteiger partial charge on any atom is -0.494 e. The van der Waals surface area contributed by atoms with Crippen molar-refractivity contribution in [2.45, 2.75) is 13.5 Å². The highest BCUT2D eigenvalue weighted by atomic mass is 16.5. The number of fused-ring (bicyclic) bond motifs is 1. The summed E-state index contributed by atoms with van der Waals surface area (Å²) in [6.45, 7) is 2.77. The monoisotopic (exact) mass is 429 g/mol. The van der Waals surface area contributed by atoms with Gasteiger partial charge in [0.1, 0.15) is 17.9 Å². The third kappa shape index (κ3) is 4.34. The van der Waals surface area contributed by atoms with Gasteiger partial charge in [0.2, 0.25) is 0 Å². The molecule has 0 saturated heterocycles. The summed E-state index contributed by atoms with van der Waals surface area (Å²) < 4.78 is 17.2. The molecular weight excluding hydrogens is 406 g/mol. The summed E-state index contributed by atoms with van der Waals surface area (Å²) in [5.74, 6) is 0.662. The number of ether oxygens (including phenoxy) is 3. The van der Waals surface area contributed by atoms with Crippen LogP contribution in [0.5, 0.6) is 17.2 Å². The second-order valence-corrected chi connectivity index (χ2v) is 7.09. The Bertz CT molecular complexity index is 1250.